The van der Waals surface area contributed by atoms with E-state index in [-0.39, 0.29) is 23.6 Å². The zero-order valence-corrected chi connectivity index (χ0v) is 43.9. The van der Waals surface area contributed by atoms with E-state index in [1.54, 1.807) is 13.0 Å². The number of likely N-dealkylation sites (N-methyl/N-ethyl adjacent to an activating group) is 1. The second-order valence-corrected chi connectivity index (χ2v) is 25.3. The molecule has 2 amide bonds. The summed E-state index contributed by atoms with van der Waals surface area (Å²) in [5, 5.41) is 65.3. The van der Waals surface area contributed by atoms with Gasteiger partial charge in [-0.15, -0.1) is 0 Å². The summed E-state index contributed by atoms with van der Waals surface area (Å²) in [7, 11) is 0.567. The fourth-order valence-corrected chi connectivity index (χ4v) is 17.9. The van der Waals surface area contributed by atoms with Crippen LogP contribution in [-0.2, 0) is 14.4 Å². The quantitative estimate of drug-likeness (QED) is 0.0221. The number of aryl methyl sites for hydroxylation is 6. The first-order chi connectivity index (χ1) is 33.5. The Morgan fingerprint density at radius 3 is 1.61 bits per heavy atom. The Bertz CT molecular complexity index is 2640. The van der Waals surface area contributed by atoms with Crippen molar-refractivity contribution >= 4 is 52.2 Å². The normalized spacial score (nSPS) is 22.3. The molecule has 0 heterocycles. The minimum atomic E-state index is -3.01. The second-order valence-electron chi connectivity index (χ2n) is 21.2. The van der Waals surface area contributed by atoms with Crippen LogP contribution in [0.15, 0.2) is 89.4 Å². The van der Waals surface area contributed by atoms with Crippen molar-refractivity contribution in [2.24, 2.45) is 17.6 Å². The van der Waals surface area contributed by atoms with Crippen LogP contribution >= 0.6 is 7.26 Å². The summed E-state index contributed by atoms with van der Waals surface area (Å²) < 4.78 is 0. The summed E-state index contributed by atoms with van der Waals surface area (Å²) in [5.74, 6) is -10.1. The van der Waals surface area contributed by atoms with Gasteiger partial charge < -0.3 is 36.6 Å². The van der Waals surface area contributed by atoms with Crippen LogP contribution < -0.4 is 27.0 Å². The number of hydrogen-bond donors (Lipinski definition) is 7. The van der Waals surface area contributed by atoms with Crippen LogP contribution in [0.3, 0.4) is 0 Å². The number of unbranched alkanes of at least 4 members (excludes halogenated alkanes) is 8. The number of hydrogen-bond acceptors (Lipinski definition) is 10. The number of ketones is 2. The molecule has 0 spiro atoms. The molecule has 0 saturated carbocycles. The number of nitrogens with one attached hydrogen (secondary N) is 1. The Hall–Kier alpha value is -5.65. The van der Waals surface area contributed by atoms with E-state index in [4.69, 9.17) is 5.73 Å². The van der Waals surface area contributed by atoms with Crippen molar-refractivity contribution < 1.29 is 44.7 Å². The van der Waals surface area contributed by atoms with Crippen molar-refractivity contribution in [1.82, 2.24) is 4.90 Å². The van der Waals surface area contributed by atoms with Gasteiger partial charge in [0.2, 0.25) is 5.78 Å². The molecule has 8 N–H and O–H groups in total. The number of primary amides is 1. The molecule has 7 rings (SSSR count). The number of aromatic hydroxyl groups is 1. The zero-order valence-electron chi connectivity index (χ0n) is 42.9. The number of rotatable bonds is 18. The monoisotopic (exact) mass is 988 g/mol. The van der Waals surface area contributed by atoms with Gasteiger partial charge in [-0.1, -0.05) is 13.0 Å². The van der Waals surface area contributed by atoms with Crippen molar-refractivity contribution in [3.63, 3.8) is 0 Å². The Morgan fingerprint density at radius 2 is 1.15 bits per heavy atom. The van der Waals surface area contributed by atoms with Crippen LogP contribution in [0, 0.1) is 53.4 Å². The third-order valence-corrected chi connectivity index (χ3v) is 20.4. The molecule has 71 heavy (non-hydrogen) atoms. The molecule has 0 unspecified atom stereocenters. The fourth-order valence-electron chi connectivity index (χ4n) is 12.4. The number of fused-ring (bicyclic) bond motifs is 3. The van der Waals surface area contributed by atoms with Crippen LogP contribution in [0.2, 0.25) is 0 Å². The number of carbonyl (C=O) groups excluding carboxylic acids is 4. The predicted octanol–water partition coefficient (Wildman–Crippen LogP) is 8.07. The van der Waals surface area contributed by atoms with Crippen LogP contribution in [0.5, 0.6) is 5.75 Å². The van der Waals surface area contributed by atoms with Gasteiger partial charge in [-0.3, -0.25) is 24.1 Å². The van der Waals surface area contributed by atoms with Gasteiger partial charge in [0, 0.05) is 11.5 Å². The first-order valence-corrected chi connectivity index (χ1v) is 27.5. The summed E-state index contributed by atoms with van der Waals surface area (Å²) in [4.78, 5) is 54.9. The summed E-state index contributed by atoms with van der Waals surface area (Å²) in [6, 6.07) is 23.2. The van der Waals surface area contributed by atoms with E-state index in [1.165, 1.54) is 74.4 Å². The molecule has 3 aliphatic rings. The number of carbonyl (C=O) groups is 4. The zero-order chi connectivity index (χ0) is 51.9. The minimum absolute atomic E-state index is 0.0250. The van der Waals surface area contributed by atoms with Gasteiger partial charge in [-0.25, -0.2) is 0 Å². The van der Waals surface area contributed by atoms with E-state index in [2.05, 4.69) is 101 Å². The molecule has 6 atom stereocenters. The molecule has 12 nitrogen and oxygen atoms in total. The molecular formula is C58H74N3O9P. The standard InChI is InChI=1S/C58H74N3O9P/c1-32-23-33(2)27-39(26-32)71(40-28-34(3)24-35(4)29-40,41-30-36(5)25-37(6)31-41)22-18-16-14-12-10-11-13-15-17-19-44(62)60-43-21-20-42-38(7)45-47(52(64)46(42)51(43)63)55(67)58(70)49(53(45)65)50(61(8)9)54(66)48(56(58)68)57(59)69/h20-21,23-31,38,45,49-50,53,63,65-67,70-71H,10-19,22H2,1-9H3,(H2,59,69)(H,60,62)/t38-,45+,49+,50-,53-,58-/m0/s1. The number of anilines is 1. The molecule has 4 aromatic carbocycles. The molecule has 0 bridgehead atoms. The third kappa shape index (κ3) is 9.98. The van der Waals surface area contributed by atoms with Crippen LogP contribution in [0.4, 0.5) is 5.69 Å². The van der Waals surface area contributed by atoms with Crippen LogP contribution in [-0.4, -0.2) is 91.8 Å². The molecule has 13 heteroatoms. The Labute approximate surface area is 419 Å². The second kappa shape index (κ2) is 21.2. The summed E-state index contributed by atoms with van der Waals surface area (Å²) >= 11 is 0. The first-order valence-electron chi connectivity index (χ1n) is 25.3. The van der Waals surface area contributed by atoms with Gasteiger partial charge in [-0.2, -0.15) is 0 Å². The van der Waals surface area contributed by atoms with Gasteiger partial charge in [0.15, 0.2) is 17.1 Å². The van der Waals surface area contributed by atoms with Crippen molar-refractivity contribution in [3.05, 3.63) is 134 Å². The number of phenols is 1. The maximum absolute atomic E-state index is 14.3. The molecule has 4 aromatic rings. The van der Waals surface area contributed by atoms with E-state index in [0.717, 1.165) is 57.5 Å². The van der Waals surface area contributed by atoms with Crippen LogP contribution in [0.25, 0.3) is 0 Å². The van der Waals surface area contributed by atoms with Crippen molar-refractivity contribution in [2.75, 3.05) is 25.6 Å². The van der Waals surface area contributed by atoms with Crippen molar-refractivity contribution in [3.8, 4) is 5.75 Å². The Morgan fingerprint density at radius 1 is 0.704 bits per heavy atom. The average Bonchev–Trinajstić information content (AvgIpc) is 3.27. The van der Waals surface area contributed by atoms with Crippen molar-refractivity contribution in [1.29, 1.82) is 0 Å². The molecule has 0 aliphatic heterocycles. The maximum atomic E-state index is 14.3. The van der Waals surface area contributed by atoms with Crippen molar-refractivity contribution in [2.45, 2.75) is 136 Å². The number of phenolic OH excluding ortho intramolecular Hbond substituents is 1. The Kier molecular flexibility index (Phi) is 15.9. The number of aliphatic hydroxyl groups excluding tert-OH is 3. The number of benzene rings is 4. The fraction of sp³-hybridized carbons (Fsp3) is 0.448. The average molecular weight is 988 g/mol. The molecule has 0 fully saturated rings. The number of aliphatic hydroxyl groups is 4. The summed E-state index contributed by atoms with van der Waals surface area (Å²) in [6.45, 7) is 15.0. The topological polar surface area (TPSA) is 211 Å². The van der Waals surface area contributed by atoms with E-state index >= 15 is 0 Å². The van der Waals surface area contributed by atoms with Gasteiger partial charge in [0.05, 0.1) is 29.3 Å². The summed E-state index contributed by atoms with van der Waals surface area (Å²) in [5.41, 5.74) is 8.83. The number of nitrogens with two attached hydrogens (primary N) is 1. The first kappa shape index (κ1) is 53.2. The van der Waals surface area contributed by atoms with E-state index in [0.29, 0.717) is 12.0 Å². The summed E-state index contributed by atoms with van der Waals surface area (Å²) in [6.07, 6.45) is 8.93. The van der Waals surface area contributed by atoms with Gasteiger partial charge in [-0.05, 0) is 31.6 Å². The molecular weight excluding hydrogens is 914 g/mol. The number of amides is 2. The van der Waals surface area contributed by atoms with E-state index < -0.39 is 88.7 Å². The molecule has 0 saturated heterocycles. The number of nitrogens with zero attached hydrogens (tertiary/aromatic N) is 1. The van der Waals surface area contributed by atoms with E-state index in [9.17, 15) is 44.7 Å². The van der Waals surface area contributed by atoms with Crippen LogP contribution in [0.1, 0.15) is 126 Å². The molecule has 380 valence electrons. The third-order valence-electron chi connectivity index (χ3n) is 15.5. The molecule has 0 aromatic heterocycles. The molecule has 0 radical (unpaired) electrons. The molecule has 3 aliphatic carbocycles. The predicted molar refractivity (Wildman–Crippen MR) is 284 cm³/mol. The van der Waals surface area contributed by atoms with E-state index in [1.807, 2.05) is 0 Å². The van der Waals surface area contributed by atoms with Gasteiger partial charge >= 0.3 is 229 Å². The Balaban J connectivity index is 0.938. The SMILES string of the molecule is Cc1cc(C)cc([PH](CCCCCCCCCCCC(=O)Nc2ccc3c(c2O)C(=O)C2=C(O)[C@]4(O)C(=O)C(C(N)=O)=C(O)[C@@H](N(C)C)[C@@H]4[C@@H](O)[C@@H]2[C@H]3C)(c2cc(C)cc(C)c2)c2cc(C)cc(C)c2)c1. The van der Waals surface area contributed by atoms with Gasteiger partial charge in [0.1, 0.15) is 17.1 Å². The van der Waals surface area contributed by atoms with Gasteiger partial charge in [0.25, 0.3) is 5.91 Å². The number of Topliss-reactive ketones (excluding diaryl/α,β-unsaturated/α-hetero) is 2.